The molecule has 0 bridgehead atoms. The van der Waals surface area contributed by atoms with E-state index in [4.69, 9.17) is 9.47 Å². The lowest BCUT2D eigenvalue weighted by molar-refractivity contribution is -0.387. The number of hydrogen-bond donors (Lipinski definition) is 1. The zero-order valence-electron chi connectivity index (χ0n) is 15.4. The Morgan fingerprint density at radius 3 is 2.67 bits per heavy atom. The van der Waals surface area contributed by atoms with E-state index in [0.29, 0.717) is 18.7 Å². The SMILES string of the molecule is O=C(Nc1cc(C(F)(F)F)ccc1OC[C@H]1CCCO1)c1ccc(F)c([N+](=O)[O-])c1. The number of hydrogen-bond acceptors (Lipinski definition) is 5. The van der Waals surface area contributed by atoms with Crippen LogP contribution in [0.25, 0.3) is 0 Å². The third-order valence-electron chi connectivity index (χ3n) is 4.41. The minimum Gasteiger partial charge on any atom is -0.489 e. The van der Waals surface area contributed by atoms with Crippen LogP contribution >= 0.6 is 0 Å². The Balaban J connectivity index is 1.86. The first-order valence-corrected chi connectivity index (χ1v) is 8.86. The van der Waals surface area contributed by atoms with Crippen molar-refractivity contribution in [2.24, 2.45) is 0 Å². The normalized spacial score (nSPS) is 16.3. The maximum atomic E-state index is 13.5. The van der Waals surface area contributed by atoms with Crippen molar-refractivity contribution in [1.82, 2.24) is 0 Å². The van der Waals surface area contributed by atoms with Gasteiger partial charge in [-0.05, 0) is 43.2 Å². The Labute approximate surface area is 167 Å². The first-order chi connectivity index (χ1) is 14.1. The number of alkyl halides is 3. The Kier molecular flexibility index (Phi) is 6.20. The maximum absolute atomic E-state index is 13.5. The number of carbonyl (C=O) groups excluding carboxylic acids is 1. The average Bonchev–Trinajstić information content (AvgIpc) is 3.19. The van der Waals surface area contributed by atoms with Crippen LogP contribution < -0.4 is 10.1 Å². The lowest BCUT2D eigenvalue weighted by Gasteiger charge is -2.17. The second kappa shape index (κ2) is 8.66. The molecule has 0 aliphatic carbocycles. The Morgan fingerprint density at radius 2 is 2.03 bits per heavy atom. The highest BCUT2D eigenvalue weighted by molar-refractivity contribution is 6.05. The number of rotatable bonds is 6. The number of amides is 1. The number of carbonyl (C=O) groups is 1. The van der Waals surface area contributed by atoms with E-state index in [-0.39, 0.29) is 29.7 Å². The van der Waals surface area contributed by atoms with Gasteiger partial charge < -0.3 is 14.8 Å². The first-order valence-electron chi connectivity index (χ1n) is 8.86. The van der Waals surface area contributed by atoms with Crippen LogP contribution in [-0.4, -0.2) is 30.1 Å². The minimum atomic E-state index is -4.67. The third-order valence-corrected chi connectivity index (χ3v) is 4.41. The van der Waals surface area contributed by atoms with Gasteiger partial charge in [0.05, 0.1) is 22.3 Å². The molecule has 7 nitrogen and oxygen atoms in total. The lowest BCUT2D eigenvalue weighted by Crippen LogP contribution is -2.19. The molecule has 1 aliphatic heterocycles. The summed E-state index contributed by atoms with van der Waals surface area (Å²) in [7, 11) is 0. The summed E-state index contributed by atoms with van der Waals surface area (Å²) >= 11 is 0. The first kappa shape index (κ1) is 21.5. The van der Waals surface area contributed by atoms with Crippen LogP contribution in [0.15, 0.2) is 36.4 Å². The summed E-state index contributed by atoms with van der Waals surface area (Å²) in [6.45, 7) is 0.643. The van der Waals surface area contributed by atoms with Crippen LogP contribution in [0, 0.1) is 15.9 Å². The highest BCUT2D eigenvalue weighted by Gasteiger charge is 2.32. The van der Waals surface area contributed by atoms with Crippen LogP contribution in [-0.2, 0) is 10.9 Å². The number of anilines is 1. The lowest BCUT2D eigenvalue weighted by atomic mass is 10.1. The predicted octanol–water partition coefficient (Wildman–Crippen LogP) is 4.56. The van der Waals surface area contributed by atoms with E-state index in [1.807, 2.05) is 0 Å². The molecule has 1 saturated heterocycles. The number of nitro benzene ring substituents is 1. The van der Waals surface area contributed by atoms with Crippen molar-refractivity contribution in [3.63, 3.8) is 0 Å². The van der Waals surface area contributed by atoms with Crippen molar-refractivity contribution >= 4 is 17.3 Å². The topological polar surface area (TPSA) is 90.7 Å². The van der Waals surface area contributed by atoms with Crippen LogP contribution in [0.5, 0.6) is 5.75 Å². The van der Waals surface area contributed by atoms with Crippen molar-refractivity contribution in [3.05, 3.63) is 63.5 Å². The van der Waals surface area contributed by atoms with Gasteiger partial charge in [0.15, 0.2) is 0 Å². The molecule has 1 aliphatic rings. The number of nitrogens with zero attached hydrogens (tertiary/aromatic N) is 1. The highest BCUT2D eigenvalue weighted by atomic mass is 19.4. The van der Waals surface area contributed by atoms with E-state index >= 15 is 0 Å². The van der Waals surface area contributed by atoms with E-state index < -0.39 is 34.1 Å². The van der Waals surface area contributed by atoms with Gasteiger partial charge in [-0.2, -0.15) is 17.6 Å². The fourth-order valence-electron chi connectivity index (χ4n) is 2.88. The quantitative estimate of drug-likeness (QED) is 0.414. The molecular weight excluding hydrogens is 412 g/mol. The van der Waals surface area contributed by atoms with Gasteiger partial charge >= 0.3 is 11.9 Å². The molecule has 0 aromatic heterocycles. The standard InChI is InChI=1S/C19H16F4N2O5/c20-14-5-3-11(8-16(14)25(27)28)18(26)24-15-9-12(19(21,22)23)4-6-17(15)30-10-13-2-1-7-29-13/h3-6,8-9,13H,1-2,7,10H2,(H,24,26)/t13-/m1/s1. The molecule has 1 amide bonds. The molecular formula is C19H16F4N2O5. The third kappa shape index (κ3) is 5.03. The summed E-state index contributed by atoms with van der Waals surface area (Å²) in [4.78, 5) is 22.3. The van der Waals surface area contributed by atoms with Crippen molar-refractivity contribution in [1.29, 1.82) is 0 Å². The van der Waals surface area contributed by atoms with Gasteiger partial charge in [-0.1, -0.05) is 0 Å². The number of nitrogens with one attached hydrogen (secondary N) is 1. The van der Waals surface area contributed by atoms with Gasteiger partial charge in [-0.25, -0.2) is 0 Å². The summed E-state index contributed by atoms with van der Waals surface area (Å²) in [5, 5.41) is 13.1. The fraction of sp³-hybridized carbons (Fsp3) is 0.316. The van der Waals surface area contributed by atoms with Crippen molar-refractivity contribution in [2.75, 3.05) is 18.5 Å². The average molecular weight is 428 g/mol. The molecule has 11 heteroatoms. The molecule has 1 N–H and O–H groups in total. The van der Waals surface area contributed by atoms with E-state index in [0.717, 1.165) is 37.1 Å². The smallest absolute Gasteiger partial charge is 0.416 e. The van der Waals surface area contributed by atoms with Crippen LogP contribution in [0.2, 0.25) is 0 Å². The van der Waals surface area contributed by atoms with Gasteiger partial charge in [0, 0.05) is 18.2 Å². The molecule has 2 aromatic rings. The molecule has 0 saturated carbocycles. The van der Waals surface area contributed by atoms with E-state index in [1.54, 1.807) is 0 Å². The zero-order valence-corrected chi connectivity index (χ0v) is 15.4. The van der Waals surface area contributed by atoms with Gasteiger partial charge in [0.2, 0.25) is 5.82 Å². The Hall–Kier alpha value is -3.21. The van der Waals surface area contributed by atoms with Gasteiger partial charge in [-0.3, -0.25) is 14.9 Å². The Bertz CT molecular complexity index is 958. The number of halogens is 4. The summed E-state index contributed by atoms with van der Waals surface area (Å²) in [6.07, 6.45) is -3.30. The molecule has 1 atom stereocenters. The molecule has 2 aromatic carbocycles. The molecule has 3 rings (SSSR count). The van der Waals surface area contributed by atoms with Crippen molar-refractivity contribution < 1.29 is 36.8 Å². The van der Waals surface area contributed by atoms with Crippen molar-refractivity contribution in [3.8, 4) is 5.75 Å². The van der Waals surface area contributed by atoms with Crippen molar-refractivity contribution in [2.45, 2.75) is 25.1 Å². The molecule has 160 valence electrons. The minimum absolute atomic E-state index is 0.0246. The van der Waals surface area contributed by atoms with Crippen LogP contribution in [0.4, 0.5) is 28.9 Å². The number of ether oxygens (including phenoxy) is 2. The summed E-state index contributed by atoms with van der Waals surface area (Å²) < 4.78 is 63.7. The molecule has 30 heavy (non-hydrogen) atoms. The second-order valence-electron chi connectivity index (χ2n) is 6.53. The summed E-state index contributed by atoms with van der Waals surface area (Å²) in [6, 6.07) is 4.99. The zero-order chi connectivity index (χ0) is 21.9. The highest BCUT2D eigenvalue weighted by Crippen LogP contribution is 2.35. The van der Waals surface area contributed by atoms with Crippen LogP contribution in [0.3, 0.4) is 0 Å². The number of nitro groups is 1. The number of benzene rings is 2. The van der Waals surface area contributed by atoms with Gasteiger partial charge in [-0.15, -0.1) is 0 Å². The monoisotopic (exact) mass is 428 g/mol. The molecule has 1 fully saturated rings. The molecule has 0 unspecified atom stereocenters. The maximum Gasteiger partial charge on any atom is 0.416 e. The van der Waals surface area contributed by atoms with E-state index in [1.165, 1.54) is 0 Å². The Morgan fingerprint density at radius 1 is 1.27 bits per heavy atom. The summed E-state index contributed by atoms with van der Waals surface area (Å²) in [5.74, 6) is -2.13. The molecule has 1 heterocycles. The fourth-order valence-corrected chi connectivity index (χ4v) is 2.88. The summed E-state index contributed by atoms with van der Waals surface area (Å²) in [5.41, 5.74) is -2.53. The van der Waals surface area contributed by atoms with Gasteiger partial charge in [0.25, 0.3) is 5.91 Å². The van der Waals surface area contributed by atoms with E-state index in [9.17, 15) is 32.5 Å². The second-order valence-corrected chi connectivity index (χ2v) is 6.53. The van der Waals surface area contributed by atoms with Crippen LogP contribution in [0.1, 0.15) is 28.8 Å². The van der Waals surface area contributed by atoms with Gasteiger partial charge in [0.1, 0.15) is 12.4 Å². The van der Waals surface area contributed by atoms with E-state index in [2.05, 4.69) is 5.32 Å². The molecule has 0 radical (unpaired) electrons. The largest absolute Gasteiger partial charge is 0.489 e. The molecule has 0 spiro atoms. The predicted molar refractivity (Wildman–Crippen MR) is 96.9 cm³/mol.